The Morgan fingerprint density at radius 1 is 1.17 bits per heavy atom. The van der Waals surface area contributed by atoms with Gasteiger partial charge in [0.25, 0.3) is 0 Å². The molecule has 1 rings (SSSR count). The molecule has 0 aromatic rings. The monoisotopic (exact) mass is 414 g/mol. The Hall–Kier alpha value is -2.12. The number of rotatable bonds is 8. The topological polar surface area (TPSA) is 140 Å². The molecule has 168 valence electrons. The second-order valence-corrected chi connectivity index (χ2v) is 8.39. The van der Waals surface area contributed by atoms with Gasteiger partial charge in [0.05, 0.1) is 18.9 Å². The van der Waals surface area contributed by atoms with E-state index in [0.29, 0.717) is 6.42 Å². The summed E-state index contributed by atoms with van der Waals surface area (Å²) in [7, 11) is 0. The van der Waals surface area contributed by atoms with E-state index in [0.717, 1.165) is 18.8 Å². The van der Waals surface area contributed by atoms with Gasteiger partial charge in [-0.1, -0.05) is 44.9 Å². The van der Waals surface area contributed by atoms with Crippen molar-refractivity contribution in [3.05, 3.63) is 0 Å². The van der Waals surface area contributed by atoms with Gasteiger partial charge in [-0.25, -0.2) is 4.79 Å². The van der Waals surface area contributed by atoms with Crippen molar-refractivity contribution >= 4 is 23.7 Å². The molecule has 4 N–H and O–H groups in total. The van der Waals surface area contributed by atoms with Crippen LogP contribution in [0.4, 0.5) is 0 Å². The molecule has 1 saturated carbocycles. The summed E-state index contributed by atoms with van der Waals surface area (Å²) in [4.78, 5) is 33.2. The Labute approximate surface area is 174 Å². The van der Waals surface area contributed by atoms with Crippen LogP contribution < -0.4 is 5.73 Å². The minimum atomic E-state index is -0.885. The fourth-order valence-electron chi connectivity index (χ4n) is 3.23. The van der Waals surface area contributed by atoms with E-state index < -0.39 is 35.3 Å². The highest BCUT2D eigenvalue weighted by Crippen LogP contribution is 2.29. The van der Waals surface area contributed by atoms with E-state index in [1.54, 1.807) is 27.7 Å². The molecule has 1 aliphatic rings. The number of carbonyl (C=O) groups excluding carboxylic acids is 2. The third-order valence-electron chi connectivity index (χ3n) is 4.57. The van der Waals surface area contributed by atoms with Crippen molar-refractivity contribution in [2.24, 2.45) is 17.6 Å². The number of nitrogens with one attached hydrogen (secondary N) is 1. The van der Waals surface area contributed by atoms with Crippen LogP contribution in [0, 0.1) is 17.2 Å². The van der Waals surface area contributed by atoms with E-state index in [1.165, 1.54) is 32.1 Å². The maximum absolute atomic E-state index is 11.8. The number of esters is 2. The molecule has 1 unspecified atom stereocenters. The first-order chi connectivity index (χ1) is 13.5. The average molecular weight is 415 g/mol. The zero-order chi connectivity index (χ0) is 22.4. The van der Waals surface area contributed by atoms with Crippen LogP contribution >= 0.6 is 0 Å². The summed E-state index contributed by atoms with van der Waals surface area (Å²) in [5.74, 6) is -2.45. The van der Waals surface area contributed by atoms with Crippen molar-refractivity contribution < 1.29 is 29.0 Å². The number of ether oxygens (including phenoxy) is 2. The maximum atomic E-state index is 11.8. The van der Waals surface area contributed by atoms with E-state index >= 15 is 0 Å². The van der Waals surface area contributed by atoms with Crippen molar-refractivity contribution in [1.82, 2.24) is 0 Å². The van der Waals surface area contributed by atoms with Gasteiger partial charge in [-0.2, -0.15) is 0 Å². The van der Waals surface area contributed by atoms with E-state index in [9.17, 15) is 19.5 Å². The van der Waals surface area contributed by atoms with Gasteiger partial charge >= 0.3 is 17.9 Å². The predicted molar refractivity (Wildman–Crippen MR) is 111 cm³/mol. The van der Waals surface area contributed by atoms with Crippen molar-refractivity contribution in [3.63, 3.8) is 0 Å². The van der Waals surface area contributed by atoms with Gasteiger partial charge in [-0.15, -0.1) is 0 Å². The first kappa shape index (κ1) is 26.9. The summed E-state index contributed by atoms with van der Waals surface area (Å²) >= 11 is 0. The molecule has 0 radical (unpaired) electrons. The molecule has 8 heteroatoms. The molecule has 0 heterocycles. The summed E-state index contributed by atoms with van der Waals surface area (Å²) in [6, 6.07) is 0. The zero-order valence-corrected chi connectivity index (χ0v) is 18.3. The fraction of sp³-hybridized carbons (Fsp3) is 0.810. The number of amidine groups is 1. The van der Waals surface area contributed by atoms with Gasteiger partial charge in [0.1, 0.15) is 5.60 Å². The quantitative estimate of drug-likeness (QED) is 0.313. The maximum Gasteiger partial charge on any atom is 0.373 e. The Morgan fingerprint density at radius 2 is 1.76 bits per heavy atom. The molecule has 8 nitrogen and oxygen atoms in total. The van der Waals surface area contributed by atoms with Crippen molar-refractivity contribution in [3.8, 4) is 0 Å². The Balaban J connectivity index is 0.000000828. The molecule has 0 aromatic carbocycles. The van der Waals surface area contributed by atoms with Gasteiger partial charge in [-0.05, 0) is 40.0 Å². The SMILES string of the molecule is CC(C)(C)OC(=O)CC(CCCC1CCCCC1)C(=O)O.CCOC(=O)C(=N)N. The summed E-state index contributed by atoms with van der Waals surface area (Å²) in [5, 5.41) is 15.8. The first-order valence-electron chi connectivity index (χ1n) is 10.4. The number of carboxylic acids is 1. The lowest BCUT2D eigenvalue weighted by atomic mass is 9.84. The molecule has 0 aromatic heterocycles. The summed E-state index contributed by atoms with van der Waals surface area (Å²) < 4.78 is 9.53. The molecule has 0 saturated heterocycles. The molecule has 0 aliphatic heterocycles. The minimum Gasteiger partial charge on any atom is -0.481 e. The summed E-state index contributed by atoms with van der Waals surface area (Å²) in [6.45, 7) is 7.30. The molecule has 1 fully saturated rings. The van der Waals surface area contributed by atoms with Crippen molar-refractivity contribution in [1.29, 1.82) is 5.41 Å². The lowest BCUT2D eigenvalue weighted by Crippen LogP contribution is -2.27. The smallest absolute Gasteiger partial charge is 0.373 e. The van der Waals surface area contributed by atoms with Crippen LogP contribution in [0.15, 0.2) is 0 Å². The molecule has 29 heavy (non-hydrogen) atoms. The van der Waals surface area contributed by atoms with Gasteiger partial charge in [0.15, 0.2) is 0 Å². The van der Waals surface area contributed by atoms with Crippen molar-refractivity contribution in [2.45, 2.75) is 91.1 Å². The van der Waals surface area contributed by atoms with Crippen LogP contribution in [0.25, 0.3) is 0 Å². The highest BCUT2D eigenvalue weighted by atomic mass is 16.6. The molecule has 1 aliphatic carbocycles. The van der Waals surface area contributed by atoms with Crippen LogP contribution in [0.3, 0.4) is 0 Å². The van der Waals surface area contributed by atoms with Gasteiger partial charge in [0.2, 0.25) is 5.84 Å². The van der Waals surface area contributed by atoms with Gasteiger partial charge in [0, 0.05) is 0 Å². The number of aliphatic carboxylic acids is 1. The van der Waals surface area contributed by atoms with Gasteiger partial charge < -0.3 is 20.3 Å². The molecule has 0 bridgehead atoms. The zero-order valence-electron chi connectivity index (χ0n) is 18.3. The highest BCUT2D eigenvalue weighted by molar-refractivity contribution is 6.33. The molecular weight excluding hydrogens is 376 g/mol. The summed E-state index contributed by atoms with van der Waals surface area (Å²) in [5.41, 5.74) is 4.18. The molecular formula is C21H38N2O6. The summed E-state index contributed by atoms with van der Waals surface area (Å²) in [6.07, 6.45) is 9.07. The number of carbonyl (C=O) groups is 3. The van der Waals surface area contributed by atoms with Crippen LogP contribution in [-0.2, 0) is 23.9 Å². The van der Waals surface area contributed by atoms with Gasteiger partial charge in [-0.3, -0.25) is 15.0 Å². The number of hydrogen-bond acceptors (Lipinski definition) is 6. The van der Waals surface area contributed by atoms with Crippen LogP contribution in [0.5, 0.6) is 0 Å². The molecule has 1 atom stereocenters. The van der Waals surface area contributed by atoms with Crippen LogP contribution in [0.2, 0.25) is 0 Å². The minimum absolute atomic E-state index is 0.0166. The van der Waals surface area contributed by atoms with Crippen molar-refractivity contribution in [2.75, 3.05) is 6.61 Å². The van der Waals surface area contributed by atoms with Crippen LogP contribution in [0.1, 0.15) is 85.5 Å². The number of hydrogen-bond donors (Lipinski definition) is 3. The van der Waals surface area contributed by atoms with E-state index in [-0.39, 0.29) is 13.0 Å². The number of carboxylic acid groups (broad SMARTS) is 1. The second kappa shape index (κ2) is 14.0. The van der Waals surface area contributed by atoms with E-state index in [2.05, 4.69) is 4.74 Å². The Bertz CT molecular complexity index is 536. The largest absolute Gasteiger partial charge is 0.481 e. The Morgan fingerprint density at radius 3 is 2.17 bits per heavy atom. The lowest BCUT2D eigenvalue weighted by Gasteiger charge is -2.23. The fourth-order valence-corrected chi connectivity index (χ4v) is 3.23. The third kappa shape index (κ3) is 14.5. The third-order valence-corrected chi connectivity index (χ3v) is 4.57. The normalized spacial score (nSPS) is 15.4. The second-order valence-electron chi connectivity index (χ2n) is 8.39. The predicted octanol–water partition coefficient (Wildman–Crippen LogP) is 3.66. The molecule has 0 amide bonds. The standard InChI is InChI=1S/C17H30O4.C4H8N2O2/c1-17(2,3)21-15(18)12-14(16(19)20)11-7-10-13-8-5-4-6-9-13;1-2-8-4(7)3(5)6/h13-14H,4-12H2,1-3H3,(H,19,20);2H2,1H3,(H3,5,6). The molecule has 0 spiro atoms. The highest BCUT2D eigenvalue weighted by Gasteiger charge is 2.25. The number of nitrogens with two attached hydrogens (primary N) is 1. The van der Waals surface area contributed by atoms with Crippen LogP contribution in [-0.4, -0.2) is 41.1 Å². The Kier molecular flexibility index (Phi) is 12.9. The first-order valence-corrected chi connectivity index (χ1v) is 10.4. The average Bonchev–Trinajstić information content (AvgIpc) is 2.60. The van der Waals surface area contributed by atoms with E-state index in [4.69, 9.17) is 15.9 Å². The lowest BCUT2D eigenvalue weighted by molar-refractivity contribution is -0.160. The van der Waals surface area contributed by atoms with E-state index in [1.807, 2.05) is 0 Å².